The molecule has 124 valence electrons. The molecule has 0 radical (unpaired) electrons. The zero-order valence-electron chi connectivity index (χ0n) is 13.7. The number of hydrogen-bond donors (Lipinski definition) is 2. The molecule has 0 atom stereocenters. The average Bonchev–Trinajstić information content (AvgIpc) is 2.90. The molecule has 2 heterocycles. The highest BCUT2D eigenvalue weighted by atomic mass is 32.1. The van der Waals surface area contributed by atoms with Crippen molar-refractivity contribution in [2.75, 3.05) is 19.0 Å². The molecule has 3 N–H and O–H groups in total. The Morgan fingerprint density at radius 2 is 2.22 bits per heavy atom. The van der Waals surface area contributed by atoms with Crippen LogP contribution in [-0.2, 0) is 17.8 Å². The highest BCUT2D eigenvalue weighted by molar-refractivity contribution is 7.10. The topological polar surface area (TPSA) is 73.1 Å². The third kappa shape index (κ3) is 4.07. The van der Waals surface area contributed by atoms with Gasteiger partial charge in [0.15, 0.2) is 5.82 Å². The predicted octanol–water partition coefficient (Wildman–Crippen LogP) is 2.85. The second-order valence-corrected chi connectivity index (χ2v) is 7.16. The van der Waals surface area contributed by atoms with Gasteiger partial charge < -0.3 is 15.8 Å². The summed E-state index contributed by atoms with van der Waals surface area (Å²) in [5, 5.41) is 5.58. The summed E-state index contributed by atoms with van der Waals surface area (Å²) in [6.45, 7) is 3.46. The Bertz CT molecular complexity index is 652. The quantitative estimate of drug-likeness (QED) is 0.815. The summed E-state index contributed by atoms with van der Waals surface area (Å²) in [6.07, 6.45) is 3.03. The number of anilines is 1. The molecule has 0 aliphatic heterocycles. The van der Waals surface area contributed by atoms with E-state index >= 15 is 0 Å². The van der Waals surface area contributed by atoms with E-state index in [9.17, 15) is 0 Å². The van der Waals surface area contributed by atoms with E-state index in [2.05, 4.69) is 39.7 Å². The van der Waals surface area contributed by atoms with Crippen LogP contribution in [0.2, 0.25) is 0 Å². The van der Waals surface area contributed by atoms with Crippen LogP contribution in [0.5, 0.6) is 0 Å². The summed E-state index contributed by atoms with van der Waals surface area (Å²) in [7, 11) is 1.67. The lowest BCUT2D eigenvalue weighted by Crippen LogP contribution is -2.35. The van der Waals surface area contributed by atoms with Gasteiger partial charge in [-0.25, -0.2) is 9.97 Å². The van der Waals surface area contributed by atoms with Gasteiger partial charge in [-0.1, -0.05) is 0 Å². The third-order valence-electron chi connectivity index (χ3n) is 4.28. The van der Waals surface area contributed by atoms with E-state index in [1.165, 1.54) is 10.4 Å². The van der Waals surface area contributed by atoms with Gasteiger partial charge in [0.1, 0.15) is 12.4 Å². The fourth-order valence-corrected chi connectivity index (χ4v) is 3.79. The Labute approximate surface area is 141 Å². The van der Waals surface area contributed by atoms with Crippen LogP contribution in [0.15, 0.2) is 17.5 Å². The maximum atomic E-state index is 5.91. The highest BCUT2D eigenvalue weighted by Crippen LogP contribution is 2.35. The number of rotatable bonds is 7. The lowest BCUT2D eigenvalue weighted by atomic mass is 9.78. The van der Waals surface area contributed by atoms with E-state index in [4.69, 9.17) is 10.5 Å². The van der Waals surface area contributed by atoms with Gasteiger partial charge in [-0.2, -0.15) is 0 Å². The Balaban J connectivity index is 1.66. The predicted molar refractivity (Wildman–Crippen MR) is 93.9 cm³/mol. The van der Waals surface area contributed by atoms with Crippen LogP contribution >= 0.6 is 11.3 Å². The van der Waals surface area contributed by atoms with Crippen LogP contribution in [0, 0.1) is 6.92 Å². The SMILES string of the molecule is COCc1nc(NCCc2sccc2C)cc(C2CC(N)C2)n1. The van der Waals surface area contributed by atoms with Crippen LogP contribution in [0.1, 0.15) is 40.7 Å². The normalized spacial score (nSPS) is 20.3. The van der Waals surface area contributed by atoms with Crippen molar-refractivity contribution in [1.82, 2.24) is 9.97 Å². The number of ether oxygens (including phenoxy) is 1. The molecular formula is C17H24N4OS. The average molecular weight is 332 g/mol. The number of nitrogens with two attached hydrogens (primary N) is 1. The number of hydrogen-bond acceptors (Lipinski definition) is 6. The van der Waals surface area contributed by atoms with Crippen LogP contribution in [-0.4, -0.2) is 29.7 Å². The van der Waals surface area contributed by atoms with Gasteiger partial charge in [-0.05, 0) is 43.2 Å². The van der Waals surface area contributed by atoms with Crippen LogP contribution in [0.25, 0.3) is 0 Å². The highest BCUT2D eigenvalue weighted by Gasteiger charge is 2.29. The van der Waals surface area contributed by atoms with Crippen molar-refractivity contribution >= 4 is 17.2 Å². The zero-order chi connectivity index (χ0) is 16.2. The monoisotopic (exact) mass is 332 g/mol. The fourth-order valence-electron chi connectivity index (χ4n) is 2.88. The molecule has 0 saturated heterocycles. The Hall–Kier alpha value is -1.50. The Morgan fingerprint density at radius 3 is 2.87 bits per heavy atom. The molecule has 3 rings (SSSR count). The molecule has 0 spiro atoms. The molecule has 0 bridgehead atoms. The van der Waals surface area contributed by atoms with Gasteiger partial charge >= 0.3 is 0 Å². The number of methoxy groups -OCH3 is 1. The molecule has 5 nitrogen and oxygen atoms in total. The third-order valence-corrected chi connectivity index (χ3v) is 5.37. The van der Waals surface area contributed by atoms with E-state index in [-0.39, 0.29) is 0 Å². The van der Waals surface area contributed by atoms with Crippen LogP contribution in [0.4, 0.5) is 5.82 Å². The first kappa shape index (κ1) is 16.4. The van der Waals surface area contributed by atoms with Gasteiger partial charge in [0.25, 0.3) is 0 Å². The minimum atomic E-state index is 0.319. The second-order valence-electron chi connectivity index (χ2n) is 6.16. The number of aromatic nitrogens is 2. The molecule has 1 fully saturated rings. The number of nitrogens with zero attached hydrogens (tertiary/aromatic N) is 2. The molecule has 0 amide bonds. The van der Waals surface area contributed by atoms with E-state index in [1.807, 2.05) is 11.3 Å². The minimum Gasteiger partial charge on any atom is -0.377 e. The summed E-state index contributed by atoms with van der Waals surface area (Å²) < 4.78 is 5.19. The van der Waals surface area contributed by atoms with Gasteiger partial charge in [-0.3, -0.25) is 0 Å². The maximum absolute atomic E-state index is 5.91. The Morgan fingerprint density at radius 1 is 1.39 bits per heavy atom. The first-order valence-electron chi connectivity index (χ1n) is 8.05. The molecule has 0 unspecified atom stereocenters. The fraction of sp³-hybridized carbons (Fsp3) is 0.529. The van der Waals surface area contributed by atoms with Crippen molar-refractivity contribution in [2.24, 2.45) is 5.73 Å². The Kier molecular flexibility index (Phi) is 5.25. The van der Waals surface area contributed by atoms with E-state index in [0.29, 0.717) is 18.6 Å². The largest absolute Gasteiger partial charge is 0.377 e. The number of nitrogens with one attached hydrogen (secondary N) is 1. The lowest BCUT2D eigenvalue weighted by molar-refractivity contribution is 0.177. The first-order chi connectivity index (χ1) is 11.2. The van der Waals surface area contributed by atoms with Crippen molar-refractivity contribution in [2.45, 2.75) is 44.8 Å². The summed E-state index contributed by atoms with van der Waals surface area (Å²) in [5.41, 5.74) is 8.36. The van der Waals surface area contributed by atoms with Crippen molar-refractivity contribution in [1.29, 1.82) is 0 Å². The van der Waals surface area contributed by atoms with Crippen molar-refractivity contribution in [3.05, 3.63) is 39.5 Å². The van der Waals surface area contributed by atoms with Crippen molar-refractivity contribution < 1.29 is 4.74 Å². The summed E-state index contributed by atoms with van der Waals surface area (Å²) in [6, 6.07) is 4.55. The molecular weight excluding hydrogens is 308 g/mol. The maximum Gasteiger partial charge on any atom is 0.156 e. The van der Waals surface area contributed by atoms with E-state index in [1.54, 1.807) is 7.11 Å². The van der Waals surface area contributed by atoms with Crippen molar-refractivity contribution in [3.63, 3.8) is 0 Å². The number of aryl methyl sites for hydroxylation is 1. The standard InChI is InChI=1S/C17H24N4OS/c1-11-4-6-23-15(11)3-5-19-16-9-14(12-7-13(18)8-12)20-17(21-16)10-22-2/h4,6,9,12-13H,3,5,7-8,10,18H2,1-2H3,(H,19,20,21). The van der Waals surface area contributed by atoms with Gasteiger partial charge in [0, 0.05) is 42.3 Å². The minimum absolute atomic E-state index is 0.319. The molecule has 2 aromatic heterocycles. The molecule has 1 aliphatic carbocycles. The molecule has 23 heavy (non-hydrogen) atoms. The van der Waals surface area contributed by atoms with Crippen molar-refractivity contribution in [3.8, 4) is 0 Å². The second kappa shape index (κ2) is 7.38. The van der Waals surface area contributed by atoms with E-state index < -0.39 is 0 Å². The zero-order valence-corrected chi connectivity index (χ0v) is 14.5. The van der Waals surface area contributed by atoms with Crippen LogP contribution < -0.4 is 11.1 Å². The van der Waals surface area contributed by atoms with Gasteiger partial charge in [0.05, 0.1) is 0 Å². The molecule has 2 aromatic rings. The van der Waals surface area contributed by atoms with Crippen LogP contribution in [0.3, 0.4) is 0 Å². The number of thiophene rings is 1. The molecule has 1 saturated carbocycles. The van der Waals surface area contributed by atoms with Gasteiger partial charge in [-0.15, -0.1) is 11.3 Å². The van der Waals surface area contributed by atoms with Gasteiger partial charge in [0.2, 0.25) is 0 Å². The summed E-state index contributed by atoms with van der Waals surface area (Å²) in [4.78, 5) is 10.6. The first-order valence-corrected chi connectivity index (χ1v) is 8.93. The molecule has 0 aromatic carbocycles. The molecule has 6 heteroatoms. The summed E-state index contributed by atoms with van der Waals surface area (Å²) >= 11 is 1.81. The lowest BCUT2D eigenvalue weighted by Gasteiger charge is -2.32. The van der Waals surface area contributed by atoms with E-state index in [0.717, 1.165) is 43.1 Å². The summed E-state index contributed by atoms with van der Waals surface area (Å²) in [5.74, 6) is 2.08. The molecule has 1 aliphatic rings. The smallest absolute Gasteiger partial charge is 0.156 e.